The molecule has 19 heavy (non-hydrogen) atoms. The fourth-order valence-corrected chi connectivity index (χ4v) is 4.56. The molecule has 1 spiro atoms. The Morgan fingerprint density at radius 1 is 1.26 bits per heavy atom. The molecular weight excluding hydrogens is 238 g/mol. The second kappa shape index (κ2) is 4.64. The van der Waals surface area contributed by atoms with Gasteiger partial charge in [-0.1, -0.05) is 6.42 Å². The summed E-state index contributed by atoms with van der Waals surface area (Å²) in [4.78, 5) is 2.69. The second-order valence-electron chi connectivity index (χ2n) is 6.65. The van der Waals surface area contributed by atoms with Gasteiger partial charge in [-0.25, -0.2) is 0 Å². The lowest BCUT2D eigenvalue weighted by molar-refractivity contribution is -0.166. The fraction of sp³-hybridized carbons (Fsp3) is 0.750. The molecule has 3 heterocycles. The minimum Gasteiger partial charge on any atom is -0.472 e. The van der Waals surface area contributed by atoms with Gasteiger partial charge in [0.25, 0.3) is 0 Å². The summed E-state index contributed by atoms with van der Waals surface area (Å²) in [5.74, 6) is 0.856. The van der Waals surface area contributed by atoms with Crippen molar-refractivity contribution >= 4 is 0 Å². The van der Waals surface area contributed by atoms with E-state index in [4.69, 9.17) is 9.15 Å². The van der Waals surface area contributed by atoms with Crippen LogP contribution in [-0.2, 0) is 11.3 Å². The minimum absolute atomic E-state index is 0.672. The lowest BCUT2D eigenvalue weighted by Crippen LogP contribution is -2.69. The summed E-state index contributed by atoms with van der Waals surface area (Å²) < 4.78 is 10.8. The van der Waals surface area contributed by atoms with Crippen molar-refractivity contribution in [3.63, 3.8) is 0 Å². The number of likely N-dealkylation sites (tertiary alicyclic amines) is 1. The van der Waals surface area contributed by atoms with Gasteiger partial charge in [0, 0.05) is 37.9 Å². The van der Waals surface area contributed by atoms with E-state index in [1.54, 1.807) is 6.26 Å². The predicted octanol–water partition coefficient (Wildman–Crippen LogP) is 3.06. The maximum absolute atomic E-state index is 5.55. The molecule has 0 aromatic carbocycles. The van der Waals surface area contributed by atoms with Gasteiger partial charge in [-0.05, 0) is 43.1 Å². The van der Waals surface area contributed by atoms with Crippen LogP contribution in [0.15, 0.2) is 23.0 Å². The average molecular weight is 261 g/mol. The van der Waals surface area contributed by atoms with Gasteiger partial charge in [0.2, 0.25) is 0 Å². The molecule has 0 radical (unpaired) electrons. The third-order valence-corrected chi connectivity index (χ3v) is 5.57. The van der Waals surface area contributed by atoms with Crippen molar-refractivity contribution in [2.24, 2.45) is 11.3 Å². The first-order chi connectivity index (χ1) is 9.37. The Balaban J connectivity index is 1.48. The summed E-state index contributed by atoms with van der Waals surface area (Å²) in [6, 6.07) is 2.91. The normalized spacial score (nSPS) is 31.1. The third-order valence-electron chi connectivity index (χ3n) is 5.57. The molecule has 2 saturated heterocycles. The van der Waals surface area contributed by atoms with E-state index in [-0.39, 0.29) is 0 Å². The molecule has 3 aliphatic rings. The molecule has 3 nitrogen and oxygen atoms in total. The van der Waals surface area contributed by atoms with Gasteiger partial charge in [0.15, 0.2) is 0 Å². The van der Waals surface area contributed by atoms with Crippen LogP contribution >= 0.6 is 0 Å². The van der Waals surface area contributed by atoms with Gasteiger partial charge in [0.05, 0.1) is 12.5 Å². The van der Waals surface area contributed by atoms with Gasteiger partial charge >= 0.3 is 0 Å². The number of ether oxygens (including phenoxy) is 1. The van der Waals surface area contributed by atoms with E-state index in [2.05, 4.69) is 11.0 Å². The van der Waals surface area contributed by atoms with E-state index >= 15 is 0 Å². The van der Waals surface area contributed by atoms with Gasteiger partial charge in [-0.15, -0.1) is 0 Å². The van der Waals surface area contributed by atoms with Crippen LogP contribution in [0, 0.1) is 11.3 Å². The lowest BCUT2D eigenvalue weighted by Gasteiger charge is -2.65. The summed E-state index contributed by atoms with van der Waals surface area (Å²) in [7, 11) is 0. The standard InChI is InChI=1S/C16H23NO2/c1-5-16(6-1)12-17(10-13-2-7-19-11-13)15(16)14-3-8-18-9-4-14/h2,7,11,14-15H,1,3-6,8-10,12H2. The van der Waals surface area contributed by atoms with Crippen molar-refractivity contribution in [2.75, 3.05) is 19.8 Å². The molecule has 1 unspecified atom stereocenters. The van der Waals surface area contributed by atoms with Crippen LogP contribution in [0.2, 0.25) is 0 Å². The minimum atomic E-state index is 0.672. The van der Waals surface area contributed by atoms with Crippen LogP contribution in [-0.4, -0.2) is 30.7 Å². The lowest BCUT2D eigenvalue weighted by atomic mass is 9.54. The number of rotatable bonds is 3. The van der Waals surface area contributed by atoms with Crippen molar-refractivity contribution in [3.05, 3.63) is 24.2 Å². The van der Waals surface area contributed by atoms with Crippen LogP contribution in [0.3, 0.4) is 0 Å². The maximum atomic E-state index is 5.55. The van der Waals surface area contributed by atoms with E-state index in [9.17, 15) is 0 Å². The van der Waals surface area contributed by atoms with E-state index in [0.29, 0.717) is 5.41 Å². The largest absolute Gasteiger partial charge is 0.472 e. The van der Waals surface area contributed by atoms with Crippen molar-refractivity contribution < 1.29 is 9.15 Å². The molecule has 1 saturated carbocycles. The van der Waals surface area contributed by atoms with E-state index in [1.165, 1.54) is 44.2 Å². The zero-order valence-corrected chi connectivity index (χ0v) is 11.5. The Labute approximate surface area is 114 Å². The summed E-state index contributed by atoms with van der Waals surface area (Å²) in [5, 5.41) is 0. The molecular formula is C16H23NO2. The molecule has 104 valence electrons. The molecule has 2 aliphatic heterocycles. The molecule has 4 rings (SSSR count). The van der Waals surface area contributed by atoms with E-state index < -0.39 is 0 Å². The average Bonchev–Trinajstić information content (AvgIpc) is 2.86. The summed E-state index contributed by atoms with van der Waals surface area (Å²) >= 11 is 0. The highest BCUT2D eigenvalue weighted by Crippen LogP contribution is 2.56. The highest BCUT2D eigenvalue weighted by molar-refractivity contribution is 5.14. The van der Waals surface area contributed by atoms with Gasteiger partial charge in [-0.3, -0.25) is 4.90 Å². The van der Waals surface area contributed by atoms with Crippen LogP contribution < -0.4 is 0 Å². The van der Waals surface area contributed by atoms with Gasteiger partial charge in [0.1, 0.15) is 0 Å². The molecule has 1 aromatic heterocycles. The van der Waals surface area contributed by atoms with Crippen molar-refractivity contribution in [1.82, 2.24) is 4.90 Å². The molecule has 1 aliphatic carbocycles. The molecule has 1 aromatic rings. The third kappa shape index (κ3) is 1.95. The van der Waals surface area contributed by atoms with Crippen LogP contribution in [0.5, 0.6) is 0 Å². The molecule has 0 amide bonds. The Kier molecular flexibility index (Phi) is 2.92. The fourth-order valence-electron chi connectivity index (χ4n) is 4.56. The van der Waals surface area contributed by atoms with E-state index in [0.717, 1.165) is 31.7 Å². The van der Waals surface area contributed by atoms with Crippen molar-refractivity contribution in [2.45, 2.75) is 44.7 Å². The Morgan fingerprint density at radius 3 is 2.74 bits per heavy atom. The van der Waals surface area contributed by atoms with Crippen molar-refractivity contribution in [3.8, 4) is 0 Å². The number of hydrogen-bond donors (Lipinski definition) is 0. The first-order valence-electron chi connectivity index (χ1n) is 7.70. The SMILES string of the molecule is c1cc(CN2CC3(CCC3)C2C2CCOCC2)co1. The van der Waals surface area contributed by atoms with Crippen LogP contribution in [0.1, 0.15) is 37.7 Å². The number of nitrogens with zero attached hydrogens (tertiary/aromatic N) is 1. The Bertz CT molecular complexity index is 418. The summed E-state index contributed by atoms with van der Waals surface area (Å²) in [6.07, 6.45) is 10.6. The molecule has 3 heteroatoms. The monoisotopic (exact) mass is 261 g/mol. The zero-order chi connectivity index (χ0) is 12.7. The molecule has 3 fully saturated rings. The van der Waals surface area contributed by atoms with Crippen molar-refractivity contribution in [1.29, 1.82) is 0 Å². The number of furan rings is 1. The molecule has 1 atom stereocenters. The Morgan fingerprint density at radius 2 is 2.11 bits per heavy atom. The predicted molar refractivity (Wildman–Crippen MR) is 72.7 cm³/mol. The highest BCUT2D eigenvalue weighted by Gasteiger charge is 2.57. The maximum Gasteiger partial charge on any atom is 0.0947 e. The molecule has 0 N–H and O–H groups in total. The first kappa shape index (κ1) is 12.0. The molecule has 0 bridgehead atoms. The Hall–Kier alpha value is -0.800. The first-order valence-corrected chi connectivity index (χ1v) is 7.70. The summed E-state index contributed by atoms with van der Waals surface area (Å²) in [5.41, 5.74) is 2.00. The summed E-state index contributed by atoms with van der Waals surface area (Å²) in [6.45, 7) is 4.31. The topological polar surface area (TPSA) is 25.6 Å². The highest BCUT2D eigenvalue weighted by atomic mass is 16.5. The number of hydrogen-bond acceptors (Lipinski definition) is 3. The van der Waals surface area contributed by atoms with Gasteiger partial charge < -0.3 is 9.15 Å². The van der Waals surface area contributed by atoms with Gasteiger partial charge in [-0.2, -0.15) is 0 Å². The van der Waals surface area contributed by atoms with Crippen LogP contribution in [0.25, 0.3) is 0 Å². The smallest absolute Gasteiger partial charge is 0.0947 e. The second-order valence-corrected chi connectivity index (χ2v) is 6.65. The van der Waals surface area contributed by atoms with Crippen LogP contribution in [0.4, 0.5) is 0 Å². The zero-order valence-electron chi connectivity index (χ0n) is 11.5. The quantitative estimate of drug-likeness (QED) is 0.836. The van der Waals surface area contributed by atoms with E-state index in [1.807, 2.05) is 6.26 Å².